The molecular formula is C29H39ClN2O8S2. The normalized spacial score (nSPS) is 15.4. The second kappa shape index (κ2) is 17.0. The summed E-state index contributed by atoms with van der Waals surface area (Å²) in [5.74, 6) is 0. The molecule has 0 radical (unpaired) electrons. The van der Waals surface area contributed by atoms with Gasteiger partial charge in [0.15, 0.2) is 0 Å². The molecule has 0 amide bonds. The number of hydrogen-bond donors (Lipinski definition) is 5. The average Bonchev–Trinajstić information content (AvgIpc) is 2.92. The highest BCUT2D eigenvalue weighted by Crippen LogP contribution is 2.13. The second-order valence-corrected chi connectivity index (χ2v) is 13.2. The van der Waals surface area contributed by atoms with Gasteiger partial charge in [-0.25, -0.2) is 0 Å². The van der Waals surface area contributed by atoms with E-state index in [1.807, 2.05) is 38.1 Å². The first-order valence-electron chi connectivity index (χ1n) is 13.2. The van der Waals surface area contributed by atoms with E-state index in [1.165, 1.54) is 24.3 Å². The van der Waals surface area contributed by atoms with Gasteiger partial charge in [0.2, 0.25) is 0 Å². The average molecular weight is 643 g/mol. The maximum atomic E-state index is 10.5. The van der Waals surface area contributed by atoms with Crippen LogP contribution in [-0.2, 0) is 31.4 Å². The quantitative estimate of drug-likeness (QED) is 0.227. The maximum absolute atomic E-state index is 10.5. The molecule has 1 aliphatic heterocycles. The molecule has 1 saturated heterocycles. The van der Waals surface area contributed by atoms with E-state index in [1.54, 1.807) is 24.3 Å². The number of ether oxygens (including phenoxy) is 1. The van der Waals surface area contributed by atoms with Crippen LogP contribution in [0.4, 0.5) is 0 Å². The third-order valence-electron chi connectivity index (χ3n) is 6.33. The molecule has 6 N–H and O–H groups in total. The summed E-state index contributed by atoms with van der Waals surface area (Å²) in [6.45, 7) is 5.79. The summed E-state index contributed by atoms with van der Waals surface area (Å²) < 4.78 is 64.4. The van der Waals surface area contributed by atoms with E-state index < -0.39 is 26.3 Å². The first-order chi connectivity index (χ1) is 19.6. The monoisotopic (exact) mass is 642 g/mol. The molecule has 10 nitrogen and oxygen atoms in total. The molecular weight excluding hydrogens is 604 g/mol. The largest absolute Gasteiger partial charge is 0.390 e. The fraction of sp³-hybridized carbons (Fsp3) is 0.379. The summed E-state index contributed by atoms with van der Waals surface area (Å²) in [5.41, 5.74) is 9.02. The number of nitrogens with one attached hydrogen (secondary N) is 1. The van der Waals surface area contributed by atoms with E-state index in [0.717, 1.165) is 42.7 Å². The van der Waals surface area contributed by atoms with Crippen LogP contribution in [0.25, 0.3) is 0 Å². The predicted octanol–water partition coefficient (Wildman–Crippen LogP) is 3.82. The Labute approximate surface area is 253 Å². The van der Waals surface area contributed by atoms with Gasteiger partial charge in [0.1, 0.15) is 0 Å². The zero-order valence-corrected chi connectivity index (χ0v) is 25.9. The highest BCUT2D eigenvalue weighted by molar-refractivity contribution is 7.86. The van der Waals surface area contributed by atoms with Gasteiger partial charge in [0.05, 0.1) is 15.9 Å². The van der Waals surface area contributed by atoms with Crippen molar-refractivity contribution in [2.75, 3.05) is 19.8 Å². The predicted molar refractivity (Wildman–Crippen MR) is 163 cm³/mol. The van der Waals surface area contributed by atoms with Crippen LogP contribution in [0.1, 0.15) is 29.5 Å². The Kier molecular flexibility index (Phi) is 14.5. The zero-order chi connectivity index (χ0) is 31.3. The van der Waals surface area contributed by atoms with Gasteiger partial charge < -0.3 is 20.9 Å². The van der Waals surface area contributed by atoms with E-state index in [9.17, 15) is 21.9 Å². The lowest BCUT2D eigenvalue weighted by Crippen LogP contribution is -2.46. The Hall–Kier alpha value is -2.39. The molecule has 2 atom stereocenters. The topological polar surface area (TPSA) is 176 Å². The van der Waals surface area contributed by atoms with Crippen LogP contribution < -0.4 is 11.1 Å². The van der Waals surface area contributed by atoms with Crippen molar-refractivity contribution in [2.24, 2.45) is 5.73 Å². The molecule has 3 aromatic carbocycles. The maximum Gasteiger partial charge on any atom is 0.294 e. The molecule has 13 heteroatoms. The number of benzene rings is 3. The van der Waals surface area contributed by atoms with Crippen molar-refractivity contribution in [3.8, 4) is 0 Å². The van der Waals surface area contributed by atoms with Crippen molar-refractivity contribution in [1.82, 2.24) is 5.32 Å². The Balaban J connectivity index is 0.000000239. The molecule has 1 heterocycles. The lowest BCUT2D eigenvalue weighted by Gasteiger charge is -2.26. The first kappa shape index (κ1) is 35.8. The van der Waals surface area contributed by atoms with Gasteiger partial charge in [-0.1, -0.05) is 59.1 Å². The Bertz CT molecular complexity index is 1370. The van der Waals surface area contributed by atoms with E-state index in [-0.39, 0.29) is 15.8 Å². The number of rotatable bonds is 8. The summed E-state index contributed by atoms with van der Waals surface area (Å²) in [6, 6.07) is 19.7. The van der Waals surface area contributed by atoms with Crippen LogP contribution in [0, 0.1) is 13.8 Å². The number of hydrogen-bond acceptors (Lipinski definition) is 8. The van der Waals surface area contributed by atoms with E-state index >= 15 is 0 Å². The lowest BCUT2D eigenvalue weighted by molar-refractivity contribution is 0.0700. The molecule has 42 heavy (non-hydrogen) atoms. The Morgan fingerprint density at radius 3 is 1.79 bits per heavy atom. The van der Waals surface area contributed by atoms with Crippen LogP contribution in [-0.4, -0.2) is 69.0 Å². The molecule has 0 bridgehead atoms. The molecule has 232 valence electrons. The summed E-state index contributed by atoms with van der Waals surface area (Å²) >= 11 is 5.94. The second-order valence-electron chi connectivity index (χ2n) is 9.94. The van der Waals surface area contributed by atoms with Gasteiger partial charge in [0, 0.05) is 36.9 Å². The number of aliphatic hydroxyl groups excluding tert-OH is 1. The van der Waals surface area contributed by atoms with Crippen LogP contribution >= 0.6 is 11.6 Å². The Morgan fingerprint density at radius 1 is 0.881 bits per heavy atom. The zero-order valence-electron chi connectivity index (χ0n) is 23.6. The van der Waals surface area contributed by atoms with Gasteiger partial charge >= 0.3 is 0 Å². The summed E-state index contributed by atoms with van der Waals surface area (Å²) in [5, 5.41) is 14.2. The van der Waals surface area contributed by atoms with Crippen LogP contribution in [0.3, 0.4) is 0 Å². The lowest BCUT2D eigenvalue weighted by atomic mass is 10.0. The molecule has 0 spiro atoms. The standard InChI is InChI=1S/C15H23ClN2O2.2C7H8O3S/c16-12-3-1-2-11(8-12)9-14(17)15(19)10-18-13-4-6-20-7-5-13;2*1-6-2-4-7(5-3-6)11(8,9)10/h1-3,8,13-15,18-19H,4-7,9-10,17H2;2*2-5H,1H3,(H,8,9,10)/t14-,15+;;/m0../s1. The third-order valence-corrected chi connectivity index (χ3v) is 8.30. The number of aliphatic hydroxyl groups is 1. The van der Waals surface area contributed by atoms with Crippen LogP contribution in [0.5, 0.6) is 0 Å². The first-order valence-corrected chi connectivity index (χ1v) is 16.5. The molecule has 0 saturated carbocycles. The van der Waals surface area contributed by atoms with Crippen LogP contribution in [0.2, 0.25) is 5.02 Å². The number of nitrogens with two attached hydrogens (primary N) is 1. The molecule has 3 aromatic rings. The minimum absolute atomic E-state index is 0.0666. The number of halogens is 1. The molecule has 1 aliphatic rings. The molecule has 0 aromatic heterocycles. The van der Waals surface area contributed by atoms with Gasteiger partial charge in [-0.15, -0.1) is 0 Å². The minimum Gasteiger partial charge on any atom is -0.390 e. The van der Waals surface area contributed by atoms with Crippen molar-refractivity contribution in [3.63, 3.8) is 0 Å². The van der Waals surface area contributed by atoms with Crippen molar-refractivity contribution >= 4 is 31.8 Å². The SMILES string of the molecule is Cc1ccc(S(=O)(=O)O)cc1.Cc1ccc(S(=O)(=O)O)cc1.N[C@@H](Cc1cccc(Cl)c1)[C@H](O)CNC1CCOCC1. The molecule has 4 rings (SSSR count). The summed E-state index contributed by atoms with van der Waals surface area (Å²) in [4.78, 5) is -0.133. The van der Waals surface area contributed by atoms with E-state index in [2.05, 4.69) is 5.32 Å². The molecule has 1 fully saturated rings. The summed E-state index contributed by atoms with van der Waals surface area (Å²) in [6.07, 6.45) is 2.06. The molecule has 0 aliphatic carbocycles. The number of aryl methyl sites for hydroxylation is 2. The van der Waals surface area contributed by atoms with Crippen molar-refractivity contribution in [1.29, 1.82) is 0 Å². The smallest absolute Gasteiger partial charge is 0.294 e. The van der Waals surface area contributed by atoms with Crippen molar-refractivity contribution < 1.29 is 35.8 Å². The fourth-order valence-electron chi connectivity index (χ4n) is 3.83. The summed E-state index contributed by atoms with van der Waals surface area (Å²) in [7, 11) is -8.04. The highest BCUT2D eigenvalue weighted by Gasteiger charge is 2.19. The highest BCUT2D eigenvalue weighted by atomic mass is 35.5. The van der Waals surface area contributed by atoms with Gasteiger partial charge in [-0.05, 0) is 75.1 Å². The Morgan fingerprint density at radius 2 is 1.36 bits per heavy atom. The van der Waals surface area contributed by atoms with Gasteiger partial charge in [-0.2, -0.15) is 16.8 Å². The third kappa shape index (κ3) is 13.7. The van der Waals surface area contributed by atoms with Crippen LogP contribution in [0.15, 0.2) is 82.6 Å². The van der Waals surface area contributed by atoms with Crippen molar-refractivity contribution in [3.05, 3.63) is 94.5 Å². The van der Waals surface area contributed by atoms with Gasteiger partial charge in [-0.3, -0.25) is 9.11 Å². The fourth-order valence-corrected chi connectivity index (χ4v) is 5.01. The van der Waals surface area contributed by atoms with Gasteiger partial charge in [0.25, 0.3) is 20.2 Å². The molecule has 0 unspecified atom stereocenters. The van der Waals surface area contributed by atoms with Crippen molar-refractivity contribution in [2.45, 2.75) is 61.1 Å². The van der Waals surface area contributed by atoms with E-state index in [0.29, 0.717) is 24.0 Å². The van der Waals surface area contributed by atoms with E-state index in [4.69, 9.17) is 31.2 Å². The minimum atomic E-state index is -4.02.